The molecule has 0 saturated carbocycles. The van der Waals surface area contributed by atoms with Crippen LogP contribution in [-0.2, 0) is 9.53 Å². The van der Waals surface area contributed by atoms with E-state index in [1.165, 1.54) is 23.5 Å². The number of carbonyl (C=O) groups excluding carboxylic acids is 1. The molecule has 3 heterocycles. The third-order valence-electron chi connectivity index (χ3n) is 7.59. The second kappa shape index (κ2) is 12.4. The zero-order chi connectivity index (χ0) is 31.7. The van der Waals surface area contributed by atoms with Crippen LogP contribution in [0.4, 0.5) is 0 Å². The van der Waals surface area contributed by atoms with E-state index in [4.69, 9.17) is 14.1 Å². The Balaban J connectivity index is 1.54. The van der Waals surface area contributed by atoms with Gasteiger partial charge in [0.2, 0.25) is 0 Å². The summed E-state index contributed by atoms with van der Waals surface area (Å²) in [6, 6.07) is 26.5. The number of aromatic nitrogens is 1. The first-order valence-electron chi connectivity index (χ1n) is 14.6. The number of carbonyl (C=O) groups is 2. The number of fused-ring (bicyclic) bond motifs is 1. The second-order valence-corrected chi connectivity index (χ2v) is 11.8. The lowest BCUT2D eigenvalue weighted by molar-refractivity contribution is -0.138. The Bertz CT molecular complexity index is 2120. The lowest BCUT2D eigenvalue weighted by Gasteiger charge is -2.26. The third kappa shape index (κ3) is 5.82. The van der Waals surface area contributed by atoms with E-state index in [-0.39, 0.29) is 23.3 Å². The number of hydrogen-bond donors (Lipinski definition) is 1. The van der Waals surface area contributed by atoms with Crippen molar-refractivity contribution in [3.8, 4) is 11.3 Å². The summed E-state index contributed by atoms with van der Waals surface area (Å²) in [5.41, 5.74) is 3.81. The van der Waals surface area contributed by atoms with Crippen LogP contribution >= 0.6 is 11.3 Å². The maximum Gasteiger partial charge on any atom is 0.338 e. The lowest BCUT2D eigenvalue weighted by Crippen LogP contribution is -2.40. The van der Waals surface area contributed by atoms with Crippen LogP contribution in [0.25, 0.3) is 23.1 Å². The average Bonchev–Trinajstić information content (AvgIpc) is 3.65. The number of ether oxygens (including phenoxy) is 1. The first kappa shape index (κ1) is 29.8. The summed E-state index contributed by atoms with van der Waals surface area (Å²) >= 11 is 1.20. The van der Waals surface area contributed by atoms with Gasteiger partial charge in [-0.25, -0.2) is 14.6 Å². The number of hydrogen-bond acceptors (Lipinski definition) is 7. The molecule has 1 N–H and O–H groups in total. The number of esters is 1. The van der Waals surface area contributed by atoms with Gasteiger partial charge in [-0.2, -0.15) is 0 Å². The number of benzene rings is 3. The van der Waals surface area contributed by atoms with Gasteiger partial charge < -0.3 is 14.3 Å². The summed E-state index contributed by atoms with van der Waals surface area (Å²) in [5.74, 6) is -0.370. The van der Waals surface area contributed by atoms with Crippen molar-refractivity contribution in [1.82, 2.24) is 4.57 Å². The van der Waals surface area contributed by atoms with Crippen LogP contribution in [0.3, 0.4) is 0 Å². The van der Waals surface area contributed by atoms with Crippen molar-refractivity contribution in [2.75, 3.05) is 6.61 Å². The summed E-state index contributed by atoms with van der Waals surface area (Å²) < 4.78 is 13.5. The molecule has 9 heteroatoms. The number of thiazole rings is 1. The molecule has 0 radical (unpaired) electrons. The fraction of sp³-hybridized carbons (Fsp3) is 0.167. The van der Waals surface area contributed by atoms with Crippen molar-refractivity contribution in [3.63, 3.8) is 0 Å². The summed E-state index contributed by atoms with van der Waals surface area (Å²) in [6.45, 7) is 6.14. The van der Waals surface area contributed by atoms with Crippen molar-refractivity contribution < 1.29 is 23.8 Å². The van der Waals surface area contributed by atoms with Crippen LogP contribution in [0.1, 0.15) is 65.5 Å². The largest absolute Gasteiger partial charge is 0.478 e. The maximum absolute atomic E-state index is 14.1. The molecule has 0 amide bonds. The molecule has 45 heavy (non-hydrogen) atoms. The standard InChI is InChI=1S/C36H30N2O6S/c1-4-43-35(42)30-31(23-9-6-5-7-10-23)37-36-38(32(30)24-15-13-22(14-16-24)21(2)3)33(39)29(45-36)20-27-17-18-28(44-27)25-11-8-12-26(19-25)34(40)41/h5-21,32H,4H2,1-3H3,(H,40,41)/b29-20-. The van der Waals surface area contributed by atoms with Gasteiger partial charge >= 0.3 is 11.9 Å². The Kier molecular flexibility index (Phi) is 8.19. The zero-order valence-electron chi connectivity index (χ0n) is 24.9. The van der Waals surface area contributed by atoms with E-state index < -0.39 is 18.0 Å². The first-order chi connectivity index (χ1) is 21.7. The highest BCUT2D eigenvalue weighted by molar-refractivity contribution is 7.07. The Morgan fingerprint density at radius 1 is 1.00 bits per heavy atom. The van der Waals surface area contributed by atoms with Crippen LogP contribution in [0, 0.1) is 0 Å². The summed E-state index contributed by atoms with van der Waals surface area (Å²) in [4.78, 5) is 44.6. The molecule has 1 atom stereocenters. The fourth-order valence-electron chi connectivity index (χ4n) is 5.34. The minimum absolute atomic E-state index is 0.145. The minimum Gasteiger partial charge on any atom is -0.478 e. The van der Waals surface area contributed by atoms with Crippen molar-refractivity contribution >= 4 is 35.0 Å². The van der Waals surface area contributed by atoms with E-state index in [2.05, 4.69) is 13.8 Å². The SMILES string of the molecule is CCOC(=O)C1=C(c2ccccc2)N=c2s/c(=C\c3ccc(-c4cccc(C(=O)O)c4)o3)c(=O)n2C1c1ccc(C(C)C)cc1. The maximum atomic E-state index is 14.1. The van der Waals surface area contributed by atoms with E-state index in [1.807, 2.05) is 54.6 Å². The number of furan rings is 1. The van der Waals surface area contributed by atoms with E-state index in [1.54, 1.807) is 41.8 Å². The molecule has 1 aliphatic heterocycles. The van der Waals surface area contributed by atoms with Crippen LogP contribution in [-0.4, -0.2) is 28.2 Å². The van der Waals surface area contributed by atoms with Gasteiger partial charge in [-0.15, -0.1) is 0 Å². The number of rotatable bonds is 8. The number of carboxylic acids is 1. The Morgan fingerprint density at radius 2 is 1.73 bits per heavy atom. The summed E-state index contributed by atoms with van der Waals surface area (Å²) in [5, 5.41) is 9.37. The molecule has 1 aliphatic rings. The Labute approximate surface area is 262 Å². The number of carboxylic acid groups (broad SMARTS) is 1. The number of nitrogens with zero attached hydrogens (tertiary/aromatic N) is 2. The minimum atomic E-state index is -1.03. The van der Waals surface area contributed by atoms with Crippen LogP contribution in [0.15, 0.2) is 111 Å². The van der Waals surface area contributed by atoms with Gasteiger partial charge in [-0.3, -0.25) is 9.36 Å². The predicted octanol–water partition coefficient (Wildman–Crippen LogP) is 6.02. The molecule has 0 fully saturated rings. The summed E-state index contributed by atoms with van der Waals surface area (Å²) in [7, 11) is 0. The van der Waals surface area contributed by atoms with Gasteiger partial charge in [0.1, 0.15) is 11.5 Å². The van der Waals surface area contributed by atoms with Gasteiger partial charge in [0.25, 0.3) is 5.56 Å². The molecule has 6 rings (SSSR count). The highest BCUT2D eigenvalue weighted by Gasteiger charge is 2.35. The van der Waals surface area contributed by atoms with Gasteiger partial charge in [0.15, 0.2) is 4.80 Å². The van der Waals surface area contributed by atoms with E-state index in [0.29, 0.717) is 38.0 Å². The van der Waals surface area contributed by atoms with Crippen LogP contribution in [0.5, 0.6) is 0 Å². The van der Waals surface area contributed by atoms with Crippen molar-refractivity contribution in [2.24, 2.45) is 4.99 Å². The van der Waals surface area contributed by atoms with Crippen LogP contribution < -0.4 is 14.9 Å². The molecule has 0 aliphatic carbocycles. The Hall–Kier alpha value is -5.28. The highest BCUT2D eigenvalue weighted by atomic mass is 32.1. The molecule has 226 valence electrons. The fourth-order valence-corrected chi connectivity index (χ4v) is 6.32. The normalized spacial score (nSPS) is 14.8. The second-order valence-electron chi connectivity index (χ2n) is 10.8. The van der Waals surface area contributed by atoms with E-state index in [0.717, 1.165) is 16.7 Å². The molecule has 5 aromatic rings. The smallest absolute Gasteiger partial charge is 0.338 e. The van der Waals surface area contributed by atoms with Crippen molar-refractivity contribution in [2.45, 2.75) is 32.7 Å². The molecule has 0 bridgehead atoms. The van der Waals surface area contributed by atoms with Crippen molar-refractivity contribution in [1.29, 1.82) is 0 Å². The van der Waals surface area contributed by atoms with Gasteiger partial charge in [-0.1, -0.05) is 91.9 Å². The Morgan fingerprint density at radius 3 is 2.42 bits per heavy atom. The molecular weight excluding hydrogens is 588 g/mol. The van der Waals surface area contributed by atoms with Gasteiger partial charge in [0.05, 0.1) is 34.0 Å². The third-order valence-corrected chi connectivity index (χ3v) is 8.57. The molecule has 3 aromatic carbocycles. The summed E-state index contributed by atoms with van der Waals surface area (Å²) in [6.07, 6.45) is 1.64. The predicted molar refractivity (Wildman–Crippen MR) is 173 cm³/mol. The highest BCUT2D eigenvalue weighted by Crippen LogP contribution is 2.35. The van der Waals surface area contributed by atoms with E-state index in [9.17, 15) is 19.5 Å². The topological polar surface area (TPSA) is 111 Å². The molecule has 0 spiro atoms. The molecular formula is C36H30N2O6S. The number of aromatic carboxylic acids is 1. The quantitative estimate of drug-likeness (QED) is 0.213. The average molecular weight is 619 g/mol. The first-order valence-corrected chi connectivity index (χ1v) is 15.4. The monoisotopic (exact) mass is 618 g/mol. The molecule has 8 nitrogen and oxygen atoms in total. The molecule has 2 aromatic heterocycles. The zero-order valence-corrected chi connectivity index (χ0v) is 25.7. The van der Waals surface area contributed by atoms with Crippen LogP contribution in [0.2, 0.25) is 0 Å². The van der Waals surface area contributed by atoms with E-state index >= 15 is 0 Å². The molecule has 1 unspecified atom stereocenters. The van der Waals surface area contributed by atoms with Gasteiger partial charge in [0, 0.05) is 17.2 Å². The lowest BCUT2D eigenvalue weighted by atomic mass is 9.91. The molecule has 0 saturated heterocycles. The van der Waals surface area contributed by atoms with Gasteiger partial charge in [-0.05, 0) is 48.2 Å². The van der Waals surface area contributed by atoms with Crippen molar-refractivity contribution in [3.05, 3.63) is 144 Å².